The number of hydrogen-bond donors (Lipinski definition) is 1. The first-order valence-electron chi connectivity index (χ1n) is 6.68. The monoisotopic (exact) mass is 267 g/mol. The van der Waals surface area contributed by atoms with Crippen molar-refractivity contribution in [1.82, 2.24) is 4.98 Å². The second-order valence-corrected chi connectivity index (χ2v) is 5.56. The van der Waals surface area contributed by atoms with E-state index in [1.165, 1.54) is 28.7 Å². The largest absolute Gasteiger partial charge is 0.261 e. The number of allylic oxidation sites excluding steroid dienone is 2. The van der Waals surface area contributed by atoms with Gasteiger partial charge in [-0.25, -0.2) is 0 Å². The van der Waals surface area contributed by atoms with Crippen molar-refractivity contribution in [2.24, 2.45) is 0 Å². The number of pyridine rings is 1. The molecule has 2 heteroatoms. The Labute approximate surface area is 119 Å². The van der Waals surface area contributed by atoms with Gasteiger partial charge in [-0.15, -0.1) is 12.6 Å². The lowest BCUT2D eigenvalue weighted by Crippen LogP contribution is -1.88. The zero-order valence-electron chi connectivity index (χ0n) is 11.1. The van der Waals surface area contributed by atoms with E-state index >= 15 is 0 Å². The zero-order chi connectivity index (χ0) is 13.2. The molecule has 0 saturated carbocycles. The second-order valence-electron chi connectivity index (χ2n) is 5.05. The van der Waals surface area contributed by atoms with E-state index in [0.717, 1.165) is 23.4 Å². The Morgan fingerprint density at radius 2 is 1.53 bits per heavy atom. The van der Waals surface area contributed by atoms with Crippen LogP contribution >= 0.6 is 12.6 Å². The summed E-state index contributed by atoms with van der Waals surface area (Å²) in [4.78, 5) is 5.43. The third-order valence-corrected chi connectivity index (χ3v) is 3.99. The van der Waals surface area contributed by atoms with E-state index in [2.05, 4.69) is 54.0 Å². The van der Waals surface area contributed by atoms with Gasteiger partial charge in [0.05, 0.1) is 0 Å². The first-order valence-corrected chi connectivity index (χ1v) is 7.13. The molecule has 1 heterocycles. The summed E-state index contributed by atoms with van der Waals surface area (Å²) in [6.07, 6.45) is 5.56. The molecule has 0 N–H and O–H groups in total. The number of benzene rings is 1. The van der Waals surface area contributed by atoms with Crippen LogP contribution in [0.1, 0.15) is 36.1 Å². The lowest BCUT2D eigenvalue weighted by molar-refractivity contribution is 0.941. The fourth-order valence-electron chi connectivity index (χ4n) is 2.69. The number of nitrogens with zero attached hydrogens (tertiary/aromatic N) is 1. The molecule has 1 aliphatic carbocycles. The summed E-state index contributed by atoms with van der Waals surface area (Å²) in [5.74, 6) is 0. The zero-order valence-corrected chi connectivity index (χ0v) is 12.0. The van der Waals surface area contributed by atoms with Crippen LogP contribution in [-0.2, 0) is 0 Å². The lowest BCUT2D eigenvalue weighted by atomic mass is 9.98. The molecule has 0 aliphatic heterocycles. The van der Waals surface area contributed by atoms with E-state index in [1.807, 2.05) is 13.1 Å². The van der Waals surface area contributed by atoms with Gasteiger partial charge in [-0.05, 0) is 66.7 Å². The van der Waals surface area contributed by atoms with Gasteiger partial charge in [0, 0.05) is 16.8 Å². The number of aromatic nitrogens is 1. The molecule has 1 aromatic carbocycles. The van der Waals surface area contributed by atoms with Crippen LogP contribution in [0.15, 0.2) is 47.5 Å². The van der Waals surface area contributed by atoms with E-state index in [1.54, 1.807) is 0 Å². The van der Waals surface area contributed by atoms with Crippen LogP contribution in [0, 0.1) is 6.92 Å². The highest BCUT2D eigenvalue weighted by molar-refractivity contribution is 7.80. The SMILES string of the molecule is Cc1ccc(C2=C(c3ccc(S)cc3)CCC2)cn1. The average Bonchev–Trinajstić information content (AvgIpc) is 2.90. The molecule has 3 rings (SSSR count). The predicted molar refractivity (Wildman–Crippen MR) is 83.3 cm³/mol. The molecule has 0 fully saturated rings. The molecular formula is C17H17NS. The summed E-state index contributed by atoms with van der Waals surface area (Å²) in [5.41, 5.74) is 6.60. The van der Waals surface area contributed by atoms with Gasteiger partial charge in [0.1, 0.15) is 0 Å². The Bertz CT molecular complexity index is 553. The van der Waals surface area contributed by atoms with Gasteiger partial charge in [0.25, 0.3) is 0 Å². The Hall–Kier alpha value is -1.54. The highest BCUT2D eigenvalue weighted by Gasteiger charge is 2.17. The minimum absolute atomic E-state index is 1.01. The molecule has 2 aromatic rings. The predicted octanol–water partition coefficient (Wildman–Crippen LogP) is 4.77. The van der Waals surface area contributed by atoms with E-state index in [9.17, 15) is 0 Å². The summed E-state index contributed by atoms with van der Waals surface area (Å²) < 4.78 is 0. The van der Waals surface area contributed by atoms with Crippen LogP contribution in [0.25, 0.3) is 11.1 Å². The van der Waals surface area contributed by atoms with E-state index < -0.39 is 0 Å². The van der Waals surface area contributed by atoms with E-state index in [0.29, 0.717) is 0 Å². The highest BCUT2D eigenvalue weighted by Crippen LogP contribution is 2.39. The summed E-state index contributed by atoms with van der Waals surface area (Å²) in [6.45, 7) is 2.03. The maximum absolute atomic E-state index is 4.42. The molecule has 1 aromatic heterocycles. The minimum Gasteiger partial charge on any atom is -0.261 e. The van der Waals surface area contributed by atoms with Crippen molar-refractivity contribution < 1.29 is 0 Å². The molecule has 0 radical (unpaired) electrons. The third-order valence-electron chi connectivity index (χ3n) is 3.69. The van der Waals surface area contributed by atoms with Crippen LogP contribution in [0.2, 0.25) is 0 Å². The topological polar surface area (TPSA) is 12.9 Å². The van der Waals surface area contributed by atoms with E-state index in [-0.39, 0.29) is 0 Å². The van der Waals surface area contributed by atoms with Gasteiger partial charge in [0.2, 0.25) is 0 Å². The fourth-order valence-corrected chi connectivity index (χ4v) is 2.84. The molecule has 0 unspecified atom stereocenters. The molecule has 96 valence electrons. The third kappa shape index (κ3) is 2.59. The van der Waals surface area contributed by atoms with Crippen LogP contribution < -0.4 is 0 Å². The van der Waals surface area contributed by atoms with Crippen molar-refractivity contribution >= 4 is 23.8 Å². The molecule has 19 heavy (non-hydrogen) atoms. The molecule has 1 nitrogen and oxygen atoms in total. The second kappa shape index (κ2) is 5.22. The average molecular weight is 267 g/mol. The summed E-state index contributed by atoms with van der Waals surface area (Å²) in [7, 11) is 0. The standard InChI is InChI=1S/C17H17NS/c1-12-5-6-14(11-18-12)17-4-2-3-16(17)13-7-9-15(19)10-8-13/h5-11,19H,2-4H2,1H3. The van der Waals surface area contributed by atoms with Crippen molar-refractivity contribution in [3.05, 3.63) is 59.4 Å². The van der Waals surface area contributed by atoms with Crippen LogP contribution in [-0.4, -0.2) is 4.98 Å². The van der Waals surface area contributed by atoms with Gasteiger partial charge in [-0.3, -0.25) is 4.98 Å². The molecule has 0 amide bonds. The van der Waals surface area contributed by atoms with Crippen molar-refractivity contribution in [3.8, 4) is 0 Å². The van der Waals surface area contributed by atoms with Crippen molar-refractivity contribution in [3.63, 3.8) is 0 Å². The fraction of sp³-hybridized carbons (Fsp3) is 0.235. The number of hydrogen-bond acceptors (Lipinski definition) is 2. The molecule has 0 atom stereocenters. The van der Waals surface area contributed by atoms with Crippen molar-refractivity contribution in [2.45, 2.75) is 31.1 Å². The normalized spacial score (nSPS) is 15.1. The molecule has 0 spiro atoms. The Morgan fingerprint density at radius 3 is 2.16 bits per heavy atom. The summed E-state index contributed by atoms with van der Waals surface area (Å²) in [5, 5.41) is 0. The van der Waals surface area contributed by atoms with Crippen molar-refractivity contribution in [2.75, 3.05) is 0 Å². The van der Waals surface area contributed by atoms with Gasteiger partial charge in [-0.2, -0.15) is 0 Å². The van der Waals surface area contributed by atoms with Gasteiger partial charge in [0.15, 0.2) is 0 Å². The first kappa shape index (κ1) is 12.5. The minimum atomic E-state index is 1.01. The van der Waals surface area contributed by atoms with Gasteiger partial charge in [-0.1, -0.05) is 18.2 Å². The van der Waals surface area contributed by atoms with Crippen LogP contribution in [0.3, 0.4) is 0 Å². The molecule has 0 bridgehead atoms. The summed E-state index contributed by atoms with van der Waals surface area (Å²) in [6, 6.07) is 12.8. The summed E-state index contributed by atoms with van der Waals surface area (Å²) >= 11 is 4.35. The van der Waals surface area contributed by atoms with Crippen LogP contribution in [0.4, 0.5) is 0 Å². The van der Waals surface area contributed by atoms with Gasteiger partial charge >= 0.3 is 0 Å². The Kier molecular flexibility index (Phi) is 3.43. The maximum Gasteiger partial charge on any atom is 0.0373 e. The van der Waals surface area contributed by atoms with Crippen molar-refractivity contribution in [1.29, 1.82) is 0 Å². The number of rotatable bonds is 2. The van der Waals surface area contributed by atoms with E-state index in [4.69, 9.17) is 0 Å². The quantitative estimate of drug-likeness (QED) is 0.773. The number of aryl methyl sites for hydroxylation is 1. The highest BCUT2D eigenvalue weighted by atomic mass is 32.1. The first-order chi connectivity index (χ1) is 9.24. The maximum atomic E-state index is 4.42. The Morgan fingerprint density at radius 1 is 0.895 bits per heavy atom. The van der Waals surface area contributed by atoms with Crippen LogP contribution in [0.5, 0.6) is 0 Å². The number of thiol groups is 1. The Balaban J connectivity index is 2.04. The molecule has 0 saturated heterocycles. The molecule has 1 aliphatic rings. The van der Waals surface area contributed by atoms with Gasteiger partial charge < -0.3 is 0 Å². The molecular weight excluding hydrogens is 250 g/mol. The lowest BCUT2D eigenvalue weighted by Gasteiger charge is -2.08. The smallest absolute Gasteiger partial charge is 0.0373 e.